The molecule has 2 aliphatic rings. The lowest BCUT2D eigenvalue weighted by Gasteiger charge is -2.28. The van der Waals surface area contributed by atoms with Gasteiger partial charge in [0.25, 0.3) is 0 Å². The standard InChI is InChI=1S/C24H31N/c1-18-8-10-19(11-9-18)20-12-13-23-21(16-20)17-25(15-14-24(23,2)3)22-6-4-5-7-22/h8-13,16,22H,4-7,14-15,17H2,1-3H3. The molecule has 0 spiro atoms. The second kappa shape index (κ2) is 6.61. The molecular formula is C24H31N. The molecule has 0 aromatic heterocycles. The van der Waals surface area contributed by atoms with Gasteiger partial charge in [0.05, 0.1) is 0 Å². The first-order chi connectivity index (χ1) is 12.0. The lowest BCUT2D eigenvalue weighted by atomic mass is 9.79. The van der Waals surface area contributed by atoms with Crippen molar-refractivity contribution in [3.8, 4) is 11.1 Å². The molecule has 4 rings (SSSR count). The highest BCUT2D eigenvalue weighted by atomic mass is 15.2. The van der Waals surface area contributed by atoms with Gasteiger partial charge in [0.2, 0.25) is 0 Å². The van der Waals surface area contributed by atoms with E-state index in [0.29, 0.717) is 0 Å². The number of benzene rings is 2. The van der Waals surface area contributed by atoms with Gasteiger partial charge in [0, 0.05) is 12.6 Å². The summed E-state index contributed by atoms with van der Waals surface area (Å²) in [6.45, 7) is 9.38. The topological polar surface area (TPSA) is 3.24 Å². The summed E-state index contributed by atoms with van der Waals surface area (Å²) >= 11 is 0. The van der Waals surface area contributed by atoms with Crippen molar-refractivity contribution in [2.24, 2.45) is 0 Å². The van der Waals surface area contributed by atoms with Crippen molar-refractivity contribution in [3.63, 3.8) is 0 Å². The van der Waals surface area contributed by atoms with Gasteiger partial charge in [-0.2, -0.15) is 0 Å². The molecule has 1 heterocycles. The highest BCUT2D eigenvalue weighted by Gasteiger charge is 2.32. The van der Waals surface area contributed by atoms with Crippen LogP contribution in [-0.2, 0) is 12.0 Å². The van der Waals surface area contributed by atoms with Crippen molar-refractivity contribution in [2.75, 3.05) is 6.54 Å². The van der Waals surface area contributed by atoms with Crippen molar-refractivity contribution >= 4 is 0 Å². The highest BCUT2D eigenvalue weighted by molar-refractivity contribution is 5.65. The van der Waals surface area contributed by atoms with Gasteiger partial charge < -0.3 is 0 Å². The van der Waals surface area contributed by atoms with Gasteiger partial charge >= 0.3 is 0 Å². The number of hydrogen-bond acceptors (Lipinski definition) is 1. The fourth-order valence-corrected chi connectivity index (χ4v) is 4.75. The van der Waals surface area contributed by atoms with Gasteiger partial charge in [0.1, 0.15) is 0 Å². The third-order valence-electron chi connectivity index (χ3n) is 6.46. The van der Waals surface area contributed by atoms with Gasteiger partial charge in [-0.25, -0.2) is 0 Å². The maximum atomic E-state index is 2.78. The Labute approximate surface area is 153 Å². The average molecular weight is 334 g/mol. The number of rotatable bonds is 2. The Kier molecular flexibility index (Phi) is 4.45. The van der Waals surface area contributed by atoms with E-state index in [2.05, 4.69) is 68.1 Å². The fourth-order valence-electron chi connectivity index (χ4n) is 4.75. The van der Waals surface area contributed by atoms with E-state index < -0.39 is 0 Å². The summed E-state index contributed by atoms with van der Waals surface area (Å²) in [5.41, 5.74) is 7.41. The summed E-state index contributed by atoms with van der Waals surface area (Å²) in [5.74, 6) is 0. The summed E-state index contributed by atoms with van der Waals surface area (Å²) in [4.78, 5) is 2.78. The lowest BCUT2D eigenvalue weighted by Crippen LogP contribution is -2.33. The Morgan fingerprint density at radius 1 is 0.920 bits per heavy atom. The van der Waals surface area contributed by atoms with Crippen LogP contribution in [-0.4, -0.2) is 17.5 Å². The van der Waals surface area contributed by atoms with E-state index in [1.54, 1.807) is 11.1 Å². The van der Waals surface area contributed by atoms with E-state index >= 15 is 0 Å². The van der Waals surface area contributed by atoms with Crippen molar-refractivity contribution in [3.05, 3.63) is 59.2 Å². The van der Waals surface area contributed by atoms with Crippen LogP contribution in [0.3, 0.4) is 0 Å². The Morgan fingerprint density at radius 3 is 2.32 bits per heavy atom. The molecule has 1 fully saturated rings. The highest BCUT2D eigenvalue weighted by Crippen LogP contribution is 2.38. The van der Waals surface area contributed by atoms with Crippen LogP contribution < -0.4 is 0 Å². The molecule has 0 N–H and O–H groups in total. The van der Waals surface area contributed by atoms with Crippen LogP contribution in [0.2, 0.25) is 0 Å². The van der Waals surface area contributed by atoms with Crippen LogP contribution in [0.15, 0.2) is 42.5 Å². The van der Waals surface area contributed by atoms with Crippen LogP contribution in [0.25, 0.3) is 11.1 Å². The van der Waals surface area contributed by atoms with Gasteiger partial charge in [0.15, 0.2) is 0 Å². The molecule has 1 saturated carbocycles. The van der Waals surface area contributed by atoms with Crippen molar-refractivity contribution in [1.82, 2.24) is 4.90 Å². The molecule has 132 valence electrons. The molecular weight excluding hydrogens is 302 g/mol. The van der Waals surface area contributed by atoms with E-state index in [1.807, 2.05) is 0 Å². The second-order valence-electron chi connectivity index (χ2n) is 8.78. The van der Waals surface area contributed by atoms with E-state index in [9.17, 15) is 0 Å². The number of hydrogen-bond donors (Lipinski definition) is 0. The third-order valence-corrected chi connectivity index (χ3v) is 6.46. The second-order valence-corrected chi connectivity index (χ2v) is 8.78. The van der Waals surface area contributed by atoms with E-state index in [1.165, 1.54) is 55.3 Å². The number of aryl methyl sites for hydroxylation is 1. The number of fused-ring (bicyclic) bond motifs is 1. The molecule has 1 aliphatic heterocycles. The monoisotopic (exact) mass is 333 g/mol. The van der Waals surface area contributed by atoms with Crippen molar-refractivity contribution in [2.45, 2.75) is 70.9 Å². The average Bonchev–Trinajstić information content (AvgIpc) is 3.09. The Bertz CT molecular complexity index is 735. The normalized spacial score (nSPS) is 21.1. The predicted octanol–water partition coefficient (Wildman–Crippen LogP) is 6.09. The zero-order valence-electron chi connectivity index (χ0n) is 16.0. The first-order valence-corrected chi connectivity index (χ1v) is 9.97. The zero-order chi connectivity index (χ0) is 17.4. The maximum absolute atomic E-state index is 2.78. The summed E-state index contributed by atoms with van der Waals surface area (Å²) in [5, 5.41) is 0. The van der Waals surface area contributed by atoms with Gasteiger partial charge in [-0.3, -0.25) is 4.90 Å². The molecule has 2 aromatic rings. The third kappa shape index (κ3) is 3.40. The first-order valence-electron chi connectivity index (χ1n) is 9.97. The molecule has 25 heavy (non-hydrogen) atoms. The predicted molar refractivity (Wildman–Crippen MR) is 107 cm³/mol. The minimum atomic E-state index is 0.272. The molecule has 2 aromatic carbocycles. The summed E-state index contributed by atoms with van der Waals surface area (Å²) in [6.07, 6.45) is 6.89. The smallest absolute Gasteiger partial charge is 0.0239 e. The minimum Gasteiger partial charge on any atom is -0.296 e. The van der Waals surface area contributed by atoms with Gasteiger partial charge in [-0.15, -0.1) is 0 Å². The van der Waals surface area contributed by atoms with Crippen molar-refractivity contribution < 1.29 is 0 Å². The maximum Gasteiger partial charge on any atom is 0.0239 e. The first kappa shape index (κ1) is 16.8. The SMILES string of the molecule is Cc1ccc(-c2ccc3c(c2)CN(C2CCCC2)CCC3(C)C)cc1. The molecule has 1 heteroatoms. The van der Waals surface area contributed by atoms with E-state index in [0.717, 1.165) is 12.6 Å². The van der Waals surface area contributed by atoms with Gasteiger partial charge in [-0.1, -0.05) is 68.7 Å². The number of nitrogens with zero attached hydrogens (tertiary/aromatic N) is 1. The van der Waals surface area contributed by atoms with Crippen LogP contribution >= 0.6 is 0 Å². The van der Waals surface area contributed by atoms with E-state index in [-0.39, 0.29) is 5.41 Å². The molecule has 1 aliphatic carbocycles. The molecule has 0 bridgehead atoms. The Balaban J connectivity index is 1.71. The molecule has 1 nitrogen and oxygen atoms in total. The molecule has 0 amide bonds. The minimum absolute atomic E-state index is 0.272. The van der Waals surface area contributed by atoms with Crippen LogP contribution in [0.4, 0.5) is 0 Å². The van der Waals surface area contributed by atoms with Crippen LogP contribution in [0.1, 0.15) is 62.6 Å². The molecule has 0 radical (unpaired) electrons. The Morgan fingerprint density at radius 2 is 1.60 bits per heavy atom. The molecule has 0 unspecified atom stereocenters. The van der Waals surface area contributed by atoms with Crippen LogP contribution in [0.5, 0.6) is 0 Å². The van der Waals surface area contributed by atoms with Crippen molar-refractivity contribution in [1.29, 1.82) is 0 Å². The van der Waals surface area contributed by atoms with Crippen LogP contribution in [0, 0.1) is 6.92 Å². The fraction of sp³-hybridized carbons (Fsp3) is 0.500. The molecule has 0 atom stereocenters. The quantitative estimate of drug-likeness (QED) is 0.643. The largest absolute Gasteiger partial charge is 0.296 e. The Hall–Kier alpha value is -1.60. The zero-order valence-corrected chi connectivity index (χ0v) is 16.0. The van der Waals surface area contributed by atoms with Gasteiger partial charge in [-0.05, 0) is 66.5 Å². The summed E-state index contributed by atoms with van der Waals surface area (Å²) < 4.78 is 0. The van der Waals surface area contributed by atoms with E-state index in [4.69, 9.17) is 0 Å². The summed E-state index contributed by atoms with van der Waals surface area (Å²) in [7, 11) is 0. The summed E-state index contributed by atoms with van der Waals surface area (Å²) in [6, 6.07) is 17.0. The molecule has 0 saturated heterocycles. The lowest BCUT2D eigenvalue weighted by molar-refractivity contribution is 0.184.